The number of hydrogen-bond acceptors (Lipinski definition) is 7. The predicted molar refractivity (Wildman–Crippen MR) is 127 cm³/mol. The first kappa shape index (κ1) is 22.5. The molecule has 1 aliphatic heterocycles. The number of fused-ring (bicyclic) bond motifs is 1. The van der Waals surface area contributed by atoms with Crippen LogP contribution in [0.3, 0.4) is 0 Å². The molecule has 8 nitrogen and oxygen atoms in total. The molecule has 172 valence electrons. The minimum absolute atomic E-state index is 0.0599. The number of piperidine rings is 1. The van der Waals surface area contributed by atoms with Gasteiger partial charge in [0.2, 0.25) is 5.91 Å². The van der Waals surface area contributed by atoms with Crippen molar-refractivity contribution in [1.29, 1.82) is 0 Å². The zero-order valence-electron chi connectivity index (χ0n) is 18.9. The number of ether oxygens (including phenoxy) is 2. The summed E-state index contributed by atoms with van der Waals surface area (Å²) in [5, 5.41) is 2.96. The highest BCUT2D eigenvalue weighted by atomic mass is 16.5. The molecule has 1 saturated heterocycles. The van der Waals surface area contributed by atoms with Gasteiger partial charge in [-0.15, -0.1) is 0 Å². The van der Waals surface area contributed by atoms with E-state index in [1.807, 2.05) is 31.2 Å². The maximum atomic E-state index is 13.0. The first-order chi connectivity index (χ1) is 16.1. The maximum Gasteiger partial charge on any atom is 0.337 e. The topological polar surface area (TPSA) is 93.7 Å². The molecule has 2 aromatic carbocycles. The Kier molecular flexibility index (Phi) is 7.02. The Hall–Kier alpha value is -3.68. The van der Waals surface area contributed by atoms with Crippen LogP contribution in [-0.4, -0.2) is 48.7 Å². The van der Waals surface area contributed by atoms with Crippen molar-refractivity contribution >= 4 is 34.4 Å². The molecule has 3 aromatic rings. The summed E-state index contributed by atoms with van der Waals surface area (Å²) in [6.45, 7) is 3.92. The van der Waals surface area contributed by atoms with Crippen molar-refractivity contribution in [3.05, 3.63) is 54.1 Å². The van der Waals surface area contributed by atoms with Crippen LogP contribution in [0.5, 0.6) is 5.88 Å². The van der Waals surface area contributed by atoms with E-state index in [-0.39, 0.29) is 11.8 Å². The van der Waals surface area contributed by atoms with E-state index in [1.54, 1.807) is 24.3 Å². The minimum atomic E-state index is -0.409. The number of benzene rings is 2. The summed E-state index contributed by atoms with van der Waals surface area (Å²) >= 11 is 0. The molecule has 0 spiro atoms. The lowest BCUT2D eigenvalue weighted by Crippen LogP contribution is -2.41. The second-order valence-corrected chi connectivity index (χ2v) is 8.03. The molecular formula is C25H28N4O4. The van der Waals surface area contributed by atoms with Crippen LogP contribution in [-0.2, 0) is 9.53 Å². The average molecular weight is 449 g/mol. The van der Waals surface area contributed by atoms with Crippen molar-refractivity contribution in [3.63, 3.8) is 0 Å². The summed E-state index contributed by atoms with van der Waals surface area (Å²) in [5.74, 6) is 0.520. The minimum Gasteiger partial charge on any atom is -0.475 e. The van der Waals surface area contributed by atoms with E-state index in [2.05, 4.69) is 10.2 Å². The molecule has 1 aliphatic rings. The molecule has 2 heterocycles. The van der Waals surface area contributed by atoms with Gasteiger partial charge in [-0.2, -0.15) is 0 Å². The van der Waals surface area contributed by atoms with Crippen molar-refractivity contribution in [2.75, 3.05) is 37.0 Å². The molecule has 1 fully saturated rings. The van der Waals surface area contributed by atoms with Crippen LogP contribution in [0.2, 0.25) is 0 Å². The van der Waals surface area contributed by atoms with Gasteiger partial charge in [0.25, 0.3) is 5.88 Å². The van der Waals surface area contributed by atoms with Crippen molar-refractivity contribution in [2.45, 2.75) is 26.2 Å². The Morgan fingerprint density at radius 3 is 2.52 bits per heavy atom. The standard InChI is InChI=1S/C25H28N4O4/c1-3-15-33-24-22(27-20-8-4-5-9-21(20)28-24)29-14-6-7-18(16-29)23(30)26-19-12-10-17(11-13-19)25(31)32-2/h4-5,8-13,18H,3,6-7,14-16H2,1-2H3,(H,26,30)/t18-/m0/s1. The van der Waals surface area contributed by atoms with Crippen molar-refractivity contribution in [3.8, 4) is 5.88 Å². The fourth-order valence-corrected chi connectivity index (χ4v) is 3.91. The fraction of sp³-hybridized carbons (Fsp3) is 0.360. The number of nitrogens with zero attached hydrogens (tertiary/aromatic N) is 3. The van der Waals surface area contributed by atoms with Crippen LogP contribution in [0.25, 0.3) is 11.0 Å². The van der Waals surface area contributed by atoms with E-state index < -0.39 is 5.97 Å². The monoisotopic (exact) mass is 448 g/mol. The van der Waals surface area contributed by atoms with E-state index in [1.165, 1.54) is 7.11 Å². The van der Waals surface area contributed by atoms with Gasteiger partial charge in [0.15, 0.2) is 5.82 Å². The summed E-state index contributed by atoms with van der Waals surface area (Å²) in [4.78, 5) is 36.2. The normalized spacial score (nSPS) is 15.8. The Morgan fingerprint density at radius 2 is 1.82 bits per heavy atom. The number of carbonyl (C=O) groups is 2. The molecule has 1 aromatic heterocycles. The lowest BCUT2D eigenvalue weighted by Gasteiger charge is -2.33. The number of nitrogens with one attached hydrogen (secondary N) is 1. The smallest absolute Gasteiger partial charge is 0.337 e. The maximum absolute atomic E-state index is 13.0. The number of rotatable bonds is 7. The van der Waals surface area contributed by atoms with Crippen LogP contribution in [0.15, 0.2) is 48.5 Å². The Labute approximate surface area is 192 Å². The molecule has 33 heavy (non-hydrogen) atoms. The van der Waals surface area contributed by atoms with Gasteiger partial charge in [0.05, 0.1) is 36.2 Å². The quantitative estimate of drug-likeness (QED) is 0.545. The first-order valence-corrected chi connectivity index (χ1v) is 11.2. The molecule has 0 aliphatic carbocycles. The number of methoxy groups -OCH3 is 1. The molecule has 0 bridgehead atoms. The van der Waals surface area contributed by atoms with E-state index in [4.69, 9.17) is 19.4 Å². The molecule has 8 heteroatoms. The van der Waals surface area contributed by atoms with Gasteiger partial charge in [0.1, 0.15) is 0 Å². The third-order valence-corrected chi connectivity index (χ3v) is 5.63. The van der Waals surface area contributed by atoms with E-state index >= 15 is 0 Å². The third-order valence-electron chi connectivity index (χ3n) is 5.63. The highest BCUT2D eigenvalue weighted by Gasteiger charge is 2.29. The molecule has 1 N–H and O–H groups in total. The summed E-state index contributed by atoms with van der Waals surface area (Å²) in [5.41, 5.74) is 2.67. The number of aromatic nitrogens is 2. The first-order valence-electron chi connectivity index (χ1n) is 11.2. The Bertz CT molecular complexity index is 1130. The van der Waals surface area contributed by atoms with Crippen molar-refractivity contribution in [2.24, 2.45) is 5.92 Å². The summed E-state index contributed by atoms with van der Waals surface area (Å²) < 4.78 is 10.6. The van der Waals surface area contributed by atoms with Crippen LogP contribution in [0.4, 0.5) is 11.5 Å². The number of carbonyl (C=O) groups excluding carboxylic acids is 2. The summed E-state index contributed by atoms with van der Waals surface area (Å²) in [6, 6.07) is 14.4. The van der Waals surface area contributed by atoms with Gasteiger partial charge >= 0.3 is 5.97 Å². The highest BCUT2D eigenvalue weighted by molar-refractivity contribution is 5.94. The predicted octanol–water partition coefficient (Wildman–Crippen LogP) is 4.06. The lowest BCUT2D eigenvalue weighted by molar-refractivity contribution is -0.120. The average Bonchev–Trinajstić information content (AvgIpc) is 2.87. The molecule has 0 unspecified atom stereocenters. The van der Waals surface area contributed by atoms with Gasteiger partial charge in [-0.25, -0.2) is 14.8 Å². The third kappa shape index (κ3) is 5.22. The lowest BCUT2D eigenvalue weighted by atomic mass is 9.97. The molecule has 1 amide bonds. The van der Waals surface area contributed by atoms with E-state index in [0.29, 0.717) is 36.1 Å². The number of para-hydroxylation sites is 2. The summed E-state index contributed by atoms with van der Waals surface area (Å²) in [6.07, 6.45) is 2.52. The Balaban J connectivity index is 1.50. The number of esters is 1. The van der Waals surface area contributed by atoms with Crippen LogP contribution >= 0.6 is 0 Å². The molecule has 1 atom stereocenters. The molecule has 4 rings (SSSR count). The van der Waals surface area contributed by atoms with Gasteiger partial charge in [-0.3, -0.25) is 4.79 Å². The zero-order chi connectivity index (χ0) is 23.2. The SMILES string of the molecule is CCCOc1nc2ccccc2nc1N1CCC[C@H](C(=O)Nc2ccc(C(=O)OC)cc2)C1. The number of anilines is 2. The molecular weight excluding hydrogens is 420 g/mol. The second-order valence-electron chi connectivity index (χ2n) is 8.03. The molecule has 0 radical (unpaired) electrons. The summed E-state index contributed by atoms with van der Waals surface area (Å²) in [7, 11) is 1.34. The van der Waals surface area contributed by atoms with Crippen molar-refractivity contribution < 1.29 is 19.1 Å². The van der Waals surface area contributed by atoms with Gasteiger partial charge in [-0.05, 0) is 55.7 Å². The van der Waals surface area contributed by atoms with Crippen molar-refractivity contribution in [1.82, 2.24) is 9.97 Å². The van der Waals surface area contributed by atoms with Crippen LogP contribution in [0.1, 0.15) is 36.5 Å². The van der Waals surface area contributed by atoms with E-state index in [0.717, 1.165) is 36.8 Å². The largest absolute Gasteiger partial charge is 0.475 e. The zero-order valence-corrected chi connectivity index (χ0v) is 18.9. The fourth-order valence-electron chi connectivity index (χ4n) is 3.91. The van der Waals surface area contributed by atoms with E-state index in [9.17, 15) is 9.59 Å². The van der Waals surface area contributed by atoms with Crippen LogP contribution < -0.4 is 15.0 Å². The van der Waals surface area contributed by atoms with Gasteiger partial charge in [-0.1, -0.05) is 19.1 Å². The highest BCUT2D eigenvalue weighted by Crippen LogP contribution is 2.31. The van der Waals surface area contributed by atoms with Gasteiger partial charge < -0.3 is 19.7 Å². The second kappa shape index (κ2) is 10.3. The van der Waals surface area contributed by atoms with Crippen LogP contribution in [0, 0.1) is 5.92 Å². The molecule has 0 saturated carbocycles. The number of amides is 1. The Morgan fingerprint density at radius 1 is 1.09 bits per heavy atom. The van der Waals surface area contributed by atoms with Gasteiger partial charge in [0, 0.05) is 18.8 Å². The number of hydrogen-bond donors (Lipinski definition) is 1.